The van der Waals surface area contributed by atoms with Crippen molar-refractivity contribution >= 4 is 17.9 Å². The lowest BCUT2D eigenvalue weighted by molar-refractivity contribution is -0.167. The second-order valence-corrected chi connectivity index (χ2v) is 19.2. The van der Waals surface area contributed by atoms with Crippen molar-refractivity contribution < 1.29 is 28.6 Å². The number of ether oxygens (including phenoxy) is 3. The number of rotatable bonds is 52. The highest BCUT2D eigenvalue weighted by molar-refractivity contribution is 5.71. The van der Waals surface area contributed by atoms with Crippen LogP contribution in [0.1, 0.15) is 303 Å². The molecule has 65 heavy (non-hydrogen) atoms. The zero-order valence-corrected chi connectivity index (χ0v) is 43.5. The summed E-state index contributed by atoms with van der Waals surface area (Å²) in [6.07, 6.45) is 64.5. The average molecular weight is 914 g/mol. The minimum Gasteiger partial charge on any atom is -0.462 e. The van der Waals surface area contributed by atoms with Crippen molar-refractivity contribution in [3.8, 4) is 0 Å². The van der Waals surface area contributed by atoms with Crippen LogP contribution in [0.4, 0.5) is 0 Å². The predicted octanol–water partition coefficient (Wildman–Crippen LogP) is 18.9. The van der Waals surface area contributed by atoms with Crippen molar-refractivity contribution in [2.45, 2.75) is 309 Å². The molecule has 0 aliphatic heterocycles. The zero-order valence-electron chi connectivity index (χ0n) is 43.5. The van der Waals surface area contributed by atoms with Gasteiger partial charge in [-0.25, -0.2) is 0 Å². The molecule has 0 aromatic rings. The van der Waals surface area contributed by atoms with Gasteiger partial charge < -0.3 is 14.2 Å². The molecule has 0 N–H and O–H groups in total. The molecule has 0 aromatic heterocycles. The Morgan fingerprint density at radius 1 is 0.308 bits per heavy atom. The summed E-state index contributed by atoms with van der Waals surface area (Å²) in [5.74, 6) is -0.861. The van der Waals surface area contributed by atoms with E-state index < -0.39 is 6.10 Å². The van der Waals surface area contributed by atoms with Crippen molar-refractivity contribution in [2.24, 2.45) is 0 Å². The summed E-state index contributed by atoms with van der Waals surface area (Å²) in [5, 5.41) is 0. The third-order valence-electron chi connectivity index (χ3n) is 12.6. The van der Waals surface area contributed by atoms with Gasteiger partial charge in [-0.2, -0.15) is 0 Å². The Hall–Kier alpha value is -2.37. The highest BCUT2D eigenvalue weighted by Crippen LogP contribution is 2.16. The fourth-order valence-electron chi connectivity index (χ4n) is 8.33. The van der Waals surface area contributed by atoms with Gasteiger partial charge in [0.05, 0.1) is 0 Å². The van der Waals surface area contributed by atoms with E-state index >= 15 is 0 Å². The molecule has 0 amide bonds. The Labute approximate surface area is 404 Å². The lowest BCUT2D eigenvalue weighted by Gasteiger charge is -2.18. The summed E-state index contributed by atoms with van der Waals surface area (Å²) < 4.78 is 16.8. The first kappa shape index (κ1) is 62.6. The summed E-state index contributed by atoms with van der Waals surface area (Å²) in [4.78, 5) is 37.8. The first-order chi connectivity index (χ1) is 32.0. The molecular formula is C59H108O6. The molecule has 0 saturated carbocycles. The van der Waals surface area contributed by atoms with Gasteiger partial charge in [0.1, 0.15) is 13.2 Å². The van der Waals surface area contributed by atoms with Crippen LogP contribution in [0.25, 0.3) is 0 Å². The number of carbonyl (C=O) groups is 3. The van der Waals surface area contributed by atoms with Crippen LogP contribution in [0, 0.1) is 0 Å². The van der Waals surface area contributed by atoms with E-state index in [9.17, 15) is 14.4 Å². The number of unbranched alkanes of at least 4 members (excludes halogenated alkanes) is 35. The van der Waals surface area contributed by atoms with Crippen LogP contribution in [0.2, 0.25) is 0 Å². The molecule has 6 nitrogen and oxygen atoms in total. The van der Waals surface area contributed by atoms with Crippen molar-refractivity contribution in [3.63, 3.8) is 0 Å². The average Bonchev–Trinajstić information content (AvgIpc) is 3.30. The third-order valence-corrected chi connectivity index (χ3v) is 12.6. The lowest BCUT2D eigenvalue weighted by atomic mass is 10.0. The minimum absolute atomic E-state index is 0.0676. The van der Waals surface area contributed by atoms with E-state index in [2.05, 4.69) is 57.2 Å². The highest BCUT2D eigenvalue weighted by atomic mass is 16.6. The molecular weight excluding hydrogens is 805 g/mol. The maximum absolute atomic E-state index is 12.7. The number of allylic oxidation sites excluding steroid dienone is 6. The first-order valence-electron chi connectivity index (χ1n) is 28.5. The monoisotopic (exact) mass is 913 g/mol. The SMILES string of the molecule is CCCCCCC/C=C\C/C=C\C/C=C\CCCCCCCCCCCCCCCCC(=O)OCC(COC(=O)CCCCCCCCCCC)OC(=O)CCCCCCCCCCC. The molecule has 6 heteroatoms. The number of hydrogen-bond acceptors (Lipinski definition) is 6. The molecule has 1 unspecified atom stereocenters. The smallest absolute Gasteiger partial charge is 0.306 e. The summed E-state index contributed by atoms with van der Waals surface area (Å²) in [7, 11) is 0. The largest absolute Gasteiger partial charge is 0.462 e. The summed E-state index contributed by atoms with van der Waals surface area (Å²) in [6, 6.07) is 0. The van der Waals surface area contributed by atoms with Crippen molar-refractivity contribution in [1.82, 2.24) is 0 Å². The molecule has 0 aromatic carbocycles. The topological polar surface area (TPSA) is 78.9 Å². The van der Waals surface area contributed by atoms with Crippen LogP contribution in [0.15, 0.2) is 36.5 Å². The van der Waals surface area contributed by atoms with E-state index in [1.807, 2.05) is 0 Å². The molecule has 0 rings (SSSR count). The van der Waals surface area contributed by atoms with Crippen LogP contribution in [-0.2, 0) is 28.6 Å². The van der Waals surface area contributed by atoms with Crippen molar-refractivity contribution in [3.05, 3.63) is 36.5 Å². The fourth-order valence-corrected chi connectivity index (χ4v) is 8.33. The van der Waals surface area contributed by atoms with Crippen LogP contribution in [-0.4, -0.2) is 37.2 Å². The van der Waals surface area contributed by atoms with Gasteiger partial charge in [-0.3, -0.25) is 14.4 Å². The van der Waals surface area contributed by atoms with Gasteiger partial charge in [0, 0.05) is 19.3 Å². The highest BCUT2D eigenvalue weighted by Gasteiger charge is 2.19. The Bertz CT molecular complexity index is 1090. The Morgan fingerprint density at radius 3 is 0.862 bits per heavy atom. The van der Waals surface area contributed by atoms with Gasteiger partial charge in [0.15, 0.2) is 6.10 Å². The van der Waals surface area contributed by atoms with Gasteiger partial charge in [-0.1, -0.05) is 263 Å². The van der Waals surface area contributed by atoms with E-state index in [4.69, 9.17) is 14.2 Å². The fraction of sp³-hybridized carbons (Fsp3) is 0.847. The summed E-state index contributed by atoms with van der Waals surface area (Å²) >= 11 is 0. The van der Waals surface area contributed by atoms with Crippen LogP contribution >= 0.6 is 0 Å². The maximum atomic E-state index is 12.7. The third kappa shape index (κ3) is 52.5. The first-order valence-corrected chi connectivity index (χ1v) is 28.5. The molecule has 0 saturated heterocycles. The molecule has 380 valence electrons. The molecule has 0 aliphatic rings. The number of hydrogen-bond donors (Lipinski definition) is 0. The number of esters is 3. The molecule has 0 spiro atoms. The summed E-state index contributed by atoms with van der Waals surface area (Å²) in [6.45, 7) is 6.61. The quantitative estimate of drug-likeness (QED) is 0.0262. The maximum Gasteiger partial charge on any atom is 0.306 e. The van der Waals surface area contributed by atoms with Crippen molar-refractivity contribution in [1.29, 1.82) is 0 Å². The van der Waals surface area contributed by atoms with E-state index in [0.29, 0.717) is 19.3 Å². The Kier molecular flexibility index (Phi) is 52.3. The number of carbonyl (C=O) groups excluding carboxylic acids is 3. The van der Waals surface area contributed by atoms with E-state index in [1.54, 1.807) is 0 Å². The van der Waals surface area contributed by atoms with E-state index in [0.717, 1.165) is 70.6 Å². The lowest BCUT2D eigenvalue weighted by Crippen LogP contribution is -2.30. The molecule has 0 fully saturated rings. The minimum atomic E-state index is -0.764. The second kappa shape index (κ2) is 54.2. The van der Waals surface area contributed by atoms with Crippen LogP contribution < -0.4 is 0 Å². The molecule has 0 aliphatic carbocycles. The van der Waals surface area contributed by atoms with Gasteiger partial charge >= 0.3 is 17.9 Å². The van der Waals surface area contributed by atoms with Gasteiger partial charge in [0.2, 0.25) is 0 Å². The zero-order chi connectivity index (χ0) is 47.2. The van der Waals surface area contributed by atoms with Gasteiger partial charge in [-0.15, -0.1) is 0 Å². The van der Waals surface area contributed by atoms with Gasteiger partial charge in [0.25, 0.3) is 0 Å². The Balaban J connectivity index is 4.01. The van der Waals surface area contributed by atoms with Crippen molar-refractivity contribution in [2.75, 3.05) is 13.2 Å². The van der Waals surface area contributed by atoms with Gasteiger partial charge in [-0.05, 0) is 57.8 Å². The molecule has 1 atom stereocenters. The van der Waals surface area contributed by atoms with E-state index in [-0.39, 0.29) is 31.1 Å². The Morgan fingerprint density at radius 2 is 0.554 bits per heavy atom. The van der Waals surface area contributed by atoms with Crippen LogP contribution in [0.3, 0.4) is 0 Å². The van der Waals surface area contributed by atoms with Crippen LogP contribution in [0.5, 0.6) is 0 Å². The normalized spacial score (nSPS) is 12.2. The predicted molar refractivity (Wildman–Crippen MR) is 279 cm³/mol. The molecule has 0 bridgehead atoms. The standard InChI is InChI=1S/C59H108O6/c1-4-7-10-13-16-19-20-21-22-23-24-25-26-27-28-29-30-31-32-33-34-35-36-37-38-41-43-46-49-52-58(61)64-55-56(65-59(62)53-50-47-44-40-18-15-12-9-6-3)54-63-57(60)51-48-45-42-39-17-14-11-8-5-2/h20-21,23-24,26-27,56H,4-19,22,25,28-55H2,1-3H3/b21-20-,24-23-,27-26-. The second-order valence-electron chi connectivity index (χ2n) is 19.2. The molecule has 0 heterocycles. The summed E-state index contributed by atoms with van der Waals surface area (Å²) in [5.41, 5.74) is 0. The molecule has 0 radical (unpaired) electrons. The van der Waals surface area contributed by atoms with E-state index in [1.165, 1.54) is 193 Å².